The molecule has 2 nitrogen and oxygen atoms in total. The highest BCUT2D eigenvalue weighted by molar-refractivity contribution is 9.10. The topological polar surface area (TPSA) is 29.3 Å². The number of likely N-dealkylation sites (N-methyl/N-ethyl adjacent to an activating group) is 1. The minimum Gasteiger partial charge on any atom is -0.326 e. The zero-order chi connectivity index (χ0) is 11.5. The fourth-order valence-corrected chi connectivity index (χ4v) is 3.00. The predicted octanol–water partition coefficient (Wildman–Crippen LogP) is 2.76. The molecule has 88 valence electrons. The Hall–Kier alpha value is -0.380. The van der Waals surface area contributed by atoms with Gasteiger partial charge < -0.3 is 5.73 Å². The Balaban J connectivity index is 1.99. The van der Waals surface area contributed by atoms with E-state index in [9.17, 15) is 0 Å². The first-order valence-corrected chi connectivity index (χ1v) is 6.66. The first-order chi connectivity index (χ1) is 7.66. The van der Waals surface area contributed by atoms with Crippen LogP contribution < -0.4 is 5.73 Å². The highest BCUT2D eigenvalue weighted by Gasteiger charge is 2.27. The Kier molecular flexibility index (Phi) is 4.00. The van der Waals surface area contributed by atoms with Crippen molar-refractivity contribution < 1.29 is 0 Å². The Bertz CT molecular complexity index is 354. The maximum Gasteiger partial charge on any atom is 0.0247 e. The number of hydrogen-bond donors (Lipinski definition) is 1. The van der Waals surface area contributed by atoms with Crippen LogP contribution in [0.15, 0.2) is 28.7 Å². The van der Waals surface area contributed by atoms with Crippen LogP contribution in [-0.4, -0.2) is 24.0 Å². The van der Waals surface area contributed by atoms with Gasteiger partial charge in [-0.2, -0.15) is 0 Å². The van der Waals surface area contributed by atoms with Crippen LogP contribution in [0.5, 0.6) is 0 Å². The van der Waals surface area contributed by atoms with Gasteiger partial charge in [-0.05, 0) is 37.6 Å². The third kappa shape index (κ3) is 2.84. The summed E-state index contributed by atoms with van der Waals surface area (Å²) in [5, 5.41) is 0. The van der Waals surface area contributed by atoms with Gasteiger partial charge in [0.2, 0.25) is 0 Å². The minimum absolute atomic E-state index is 0.358. The van der Waals surface area contributed by atoms with Crippen LogP contribution in [0.1, 0.15) is 24.8 Å². The van der Waals surface area contributed by atoms with Crippen molar-refractivity contribution >= 4 is 15.9 Å². The van der Waals surface area contributed by atoms with Crippen molar-refractivity contribution in [1.29, 1.82) is 0 Å². The molecule has 1 aliphatic rings. The van der Waals surface area contributed by atoms with Crippen LogP contribution in [0, 0.1) is 0 Å². The fourth-order valence-electron chi connectivity index (χ4n) is 2.56. The molecule has 1 aromatic rings. The number of benzene rings is 1. The SMILES string of the molecule is CN(Cc1cccc(Br)c1)C1CCCC1N. The van der Waals surface area contributed by atoms with E-state index in [0.29, 0.717) is 12.1 Å². The summed E-state index contributed by atoms with van der Waals surface area (Å²) in [6, 6.07) is 9.40. The molecule has 1 fully saturated rings. The molecule has 0 radical (unpaired) electrons. The summed E-state index contributed by atoms with van der Waals surface area (Å²) in [4.78, 5) is 2.39. The lowest BCUT2D eigenvalue weighted by Gasteiger charge is -2.27. The molecule has 0 bridgehead atoms. The predicted molar refractivity (Wildman–Crippen MR) is 71.2 cm³/mol. The molecule has 0 spiro atoms. The average Bonchev–Trinajstić information content (AvgIpc) is 2.64. The summed E-state index contributed by atoms with van der Waals surface area (Å²) in [6.07, 6.45) is 3.69. The van der Waals surface area contributed by atoms with Crippen LogP contribution in [0.3, 0.4) is 0 Å². The Morgan fingerprint density at radius 3 is 2.88 bits per heavy atom. The van der Waals surface area contributed by atoms with Gasteiger partial charge in [0.1, 0.15) is 0 Å². The van der Waals surface area contributed by atoms with Gasteiger partial charge in [0.15, 0.2) is 0 Å². The number of rotatable bonds is 3. The molecule has 1 aromatic carbocycles. The van der Waals surface area contributed by atoms with Crippen molar-refractivity contribution in [1.82, 2.24) is 4.90 Å². The van der Waals surface area contributed by atoms with E-state index in [0.717, 1.165) is 11.0 Å². The van der Waals surface area contributed by atoms with Crippen molar-refractivity contribution in [2.45, 2.75) is 37.9 Å². The zero-order valence-electron chi connectivity index (χ0n) is 9.70. The molecule has 0 heterocycles. The molecule has 2 N–H and O–H groups in total. The molecule has 0 aromatic heterocycles. The molecule has 2 rings (SSSR count). The maximum absolute atomic E-state index is 6.11. The van der Waals surface area contributed by atoms with Gasteiger partial charge in [-0.3, -0.25) is 4.90 Å². The molecule has 1 saturated carbocycles. The van der Waals surface area contributed by atoms with E-state index in [1.807, 2.05) is 0 Å². The van der Waals surface area contributed by atoms with Gasteiger partial charge in [-0.1, -0.05) is 34.5 Å². The normalized spacial score (nSPS) is 25.2. The molecule has 2 unspecified atom stereocenters. The first kappa shape index (κ1) is 12.1. The summed E-state index contributed by atoms with van der Waals surface area (Å²) in [5.74, 6) is 0. The van der Waals surface area contributed by atoms with Crippen molar-refractivity contribution in [2.75, 3.05) is 7.05 Å². The smallest absolute Gasteiger partial charge is 0.0247 e. The highest BCUT2D eigenvalue weighted by atomic mass is 79.9. The molecule has 16 heavy (non-hydrogen) atoms. The molecule has 3 heteroatoms. The summed E-state index contributed by atoms with van der Waals surface area (Å²) in [6.45, 7) is 0.984. The van der Waals surface area contributed by atoms with E-state index >= 15 is 0 Å². The highest BCUT2D eigenvalue weighted by Crippen LogP contribution is 2.23. The first-order valence-electron chi connectivity index (χ1n) is 5.87. The lowest BCUT2D eigenvalue weighted by Crippen LogP contribution is -2.41. The van der Waals surface area contributed by atoms with Crippen LogP contribution >= 0.6 is 15.9 Å². The molecular weight excluding hydrogens is 264 g/mol. The van der Waals surface area contributed by atoms with Gasteiger partial charge in [0, 0.05) is 23.1 Å². The van der Waals surface area contributed by atoms with E-state index in [-0.39, 0.29) is 0 Å². The van der Waals surface area contributed by atoms with E-state index in [1.54, 1.807) is 0 Å². The van der Waals surface area contributed by atoms with Crippen LogP contribution in [0.25, 0.3) is 0 Å². The lowest BCUT2D eigenvalue weighted by molar-refractivity contribution is 0.220. The van der Waals surface area contributed by atoms with Gasteiger partial charge in [-0.25, -0.2) is 0 Å². The van der Waals surface area contributed by atoms with E-state index < -0.39 is 0 Å². The second-order valence-electron chi connectivity index (χ2n) is 4.71. The standard InChI is InChI=1S/C13H19BrN2/c1-16(13-7-3-6-12(13)15)9-10-4-2-5-11(14)8-10/h2,4-5,8,12-13H,3,6-7,9,15H2,1H3. The molecule has 1 aliphatic carbocycles. The van der Waals surface area contributed by atoms with Crippen LogP contribution in [0.4, 0.5) is 0 Å². The average molecular weight is 283 g/mol. The summed E-state index contributed by atoms with van der Waals surface area (Å²) >= 11 is 3.50. The third-order valence-corrected chi connectivity index (χ3v) is 3.91. The fraction of sp³-hybridized carbons (Fsp3) is 0.538. The summed E-state index contributed by atoms with van der Waals surface area (Å²) < 4.78 is 1.15. The largest absolute Gasteiger partial charge is 0.326 e. The monoisotopic (exact) mass is 282 g/mol. The quantitative estimate of drug-likeness (QED) is 0.924. The Labute approximate surface area is 106 Å². The molecule has 0 saturated heterocycles. The van der Waals surface area contributed by atoms with Crippen molar-refractivity contribution in [3.63, 3.8) is 0 Å². The maximum atomic E-state index is 6.11. The van der Waals surface area contributed by atoms with Crippen molar-refractivity contribution in [3.8, 4) is 0 Å². The molecule has 2 atom stereocenters. The molecule has 0 amide bonds. The molecule has 0 aliphatic heterocycles. The second kappa shape index (κ2) is 5.30. The Morgan fingerprint density at radius 1 is 1.44 bits per heavy atom. The lowest BCUT2D eigenvalue weighted by atomic mass is 10.1. The van der Waals surface area contributed by atoms with Gasteiger partial charge >= 0.3 is 0 Å². The summed E-state index contributed by atoms with van der Waals surface area (Å²) in [7, 11) is 2.18. The van der Waals surface area contributed by atoms with Gasteiger partial charge in [0.25, 0.3) is 0 Å². The van der Waals surface area contributed by atoms with Crippen molar-refractivity contribution in [3.05, 3.63) is 34.3 Å². The number of halogens is 1. The van der Waals surface area contributed by atoms with Gasteiger partial charge in [-0.15, -0.1) is 0 Å². The van der Waals surface area contributed by atoms with E-state index in [1.165, 1.54) is 24.8 Å². The van der Waals surface area contributed by atoms with Crippen molar-refractivity contribution in [2.24, 2.45) is 5.73 Å². The zero-order valence-corrected chi connectivity index (χ0v) is 11.3. The van der Waals surface area contributed by atoms with Crippen LogP contribution in [0.2, 0.25) is 0 Å². The third-order valence-electron chi connectivity index (χ3n) is 3.42. The molecular formula is C13H19BrN2. The minimum atomic E-state index is 0.358. The summed E-state index contributed by atoms with van der Waals surface area (Å²) in [5.41, 5.74) is 7.46. The van der Waals surface area contributed by atoms with E-state index in [2.05, 4.69) is 52.1 Å². The number of hydrogen-bond acceptors (Lipinski definition) is 2. The van der Waals surface area contributed by atoms with Gasteiger partial charge in [0.05, 0.1) is 0 Å². The number of nitrogens with two attached hydrogens (primary N) is 1. The van der Waals surface area contributed by atoms with Crippen LogP contribution in [-0.2, 0) is 6.54 Å². The number of nitrogens with zero attached hydrogens (tertiary/aromatic N) is 1. The second-order valence-corrected chi connectivity index (χ2v) is 5.62. The Morgan fingerprint density at radius 2 is 2.25 bits per heavy atom. The van der Waals surface area contributed by atoms with E-state index in [4.69, 9.17) is 5.73 Å².